The van der Waals surface area contributed by atoms with Crippen molar-refractivity contribution >= 4 is 11.9 Å². The van der Waals surface area contributed by atoms with E-state index >= 15 is 0 Å². The Hall–Kier alpha value is -2.14. The van der Waals surface area contributed by atoms with E-state index in [4.69, 9.17) is 9.47 Å². The van der Waals surface area contributed by atoms with E-state index in [1.807, 2.05) is 6.07 Å². The zero-order chi connectivity index (χ0) is 15.1. The smallest absolute Gasteiger partial charge is 0.338 e. The van der Waals surface area contributed by atoms with Crippen LogP contribution >= 0.6 is 0 Å². The predicted molar refractivity (Wildman–Crippen MR) is 73.2 cm³/mol. The van der Waals surface area contributed by atoms with Crippen molar-refractivity contribution in [3.63, 3.8) is 0 Å². The summed E-state index contributed by atoms with van der Waals surface area (Å²) >= 11 is 0. The first kappa shape index (κ1) is 15.9. The molecule has 0 aliphatic carbocycles. The van der Waals surface area contributed by atoms with Crippen molar-refractivity contribution in [3.8, 4) is 0 Å². The third-order valence-corrected chi connectivity index (χ3v) is 2.53. The highest BCUT2D eigenvalue weighted by molar-refractivity contribution is 5.91. The molecule has 0 bridgehead atoms. The number of hydrogen-bond acceptors (Lipinski definition) is 5. The summed E-state index contributed by atoms with van der Waals surface area (Å²) in [6.07, 6.45) is -1.06. The van der Waals surface area contributed by atoms with Gasteiger partial charge >= 0.3 is 11.9 Å². The Kier molecular flexibility index (Phi) is 5.93. The lowest BCUT2D eigenvalue weighted by molar-refractivity contribution is -0.142. The normalized spacial score (nSPS) is 11.6. The highest BCUT2D eigenvalue weighted by Crippen LogP contribution is 2.08. The van der Waals surface area contributed by atoms with Crippen LogP contribution in [0.5, 0.6) is 0 Å². The highest BCUT2D eigenvalue weighted by atomic mass is 16.6. The maximum Gasteiger partial charge on any atom is 0.338 e. The summed E-state index contributed by atoms with van der Waals surface area (Å²) in [5.41, 5.74) is 1.48. The lowest BCUT2D eigenvalue weighted by Crippen LogP contribution is -2.25. The van der Waals surface area contributed by atoms with Crippen LogP contribution in [0.2, 0.25) is 0 Å². The summed E-state index contributed by atoms with van der Waals surface area (Å²) in [6, 6.07) is 6.99. The summed E-state index contributed by atoms with van der Waals surface area (Å²) < 4.78 is 9.71. The van der Waals surface area contributed by atoms with Gasteiger partial charge in [-0.3, -0.25) is 0 Å². The van der Waals surface area contributed by atoms with Gasteiger partial charge in [0, 0.05) is 5.57 Å². The second-order valence-electron chi connectivity index (χ2n) is 4.45. The van der Waals surface area contributed by atoms with Gasteiger partial charge in [0.05, 0.1) is 5.56 Å². The number of carbonyl (C=O) groups is 2. The largest absolute Gasteiger partial charge is 0.459 e. The first-order valence-electron chi connectivity index (χ1n) is 6.15. The molecule has 1 aromatic carbocycles. The Balaban J connectivity index is 2.40. The van der Waals surface area contributed by atoms with E-state index in [-0.39, 0.29) is 18.8 Å². The lowest BCUT2D eigenvalue weighted by atomic mass is 10.1. The van der Waals surface area contributed by atoms with Crippen LogP contribution in [0.15, 0.2) is 36.4 Å². The summed E-state index contributed by atoms with van der Waals surface area (Å²) in [5.74, 6) is -1.11. The molecule has 0 heterocycles. The zero-order valence-corrected chi connectivity index (χ0v) is 11.6. The molecule has 1 rings (SSSR count). The van der Waals surface area contributed by atoms with Crippen molar-refractivity contribution < 1.29 is 24.2 Å². The summed E-state index contributed by atoms with van der Waals surface area (Å²) in [5, 5.41) is 9.56. The van der Waals surface area contributed by atoms with Gasteiger partial charge in [-0.15, -0.1) is 0 Å². The standard InChI is InChI=1S/C15H18O5/c1-10(2)14(17)19-8-12(16)9-20-15(18)13-7-5-4-6-11(13)3/h4-7,12,16H,1,8-9H2,2-3H3. The van der Waals surface area contributed by atoms with E-state index in [0.717, 1.165) is 5.56 Å². The van der Waals surface area contributed by atoms with Gasteiger partial charge in [-0.1, -0.05) is 24.8 Å². The van der Waals surface area contributed by atoms with E-state index in [0.29, 0.717) is 5.56 Å². The number of esters is 2. The molecule has 0 aromatic heterocycles. The molecule has 0 fully saturated rings. The van der Waals surface area contributed by atoms with E-state index in [9.17, 15) is 14.7 Å². The van der Waals surface area contributed by atoms with E-state index in [1.54, 1.807) is 25.1 Å². The molecular formula is C15H18O5. The SMILES string of the molecule is C=C(C)C(=O)OCC(O)COC(=O)c1ccccc1C. The molecule has 0 spiro atoms. The monoisotopic (exact) mass is 278 g/mol. The molecule has 0 saturated carbocycles. The Morgan fingerprint density at radius 3 is 2.45 bits per heavy atom. The highest BCUT2D eigenvalue weighted by Gasteiger charge is 2.14. The average Bonchev–Trinajstić information content (AvgIpc) is 2.42. The maximum absolute atomic E-state index is 11.8. The van der Waals surface area contributed by atoms with Gasteiger partial charge < -0.3 is 14.6 Å². The number of ether oxygens (including phenoxy) is 2. The first-order valence-corrected chi connectivity index (χ1v) is 6.15. The van der Waals surface area contributed by atoms with Gasteiger partial charge in [0.25, 0.3) is 0 Å². The third-order valence-electron chi connectivity index (χ3n) is 2.53. The molecule has 5 nitrogen and oxygen atoms in total. The van der Waals surface area contributed by atoms with Gasteiger partial charge in [0.15, 0.2) is 0 Å². The second kappa shape index (κ2) is 7.45. The fraction of sp³-hybridized carbons (Fsp3) is 0.333. The van der Waals surface area contributed by atoms with E-state index in [2.05, 4.69) is 6.58 Å². The molecule has 5 heteroatoms. The Bertz CT molecular complexity index is 507. The molecule has 20 heavy (non-hydrogen) atoms. The molecular weight excluding hydrogens is 260 g/mol. The molecule has 1 unspecified atom stereocenters. The number of aryl methyl sites for hydroxylation is 1. The van der Waals surface area contributed by atoms with Crippen LogP contribution in [0.4, 0.5) is 0 Å². The fourth-order valence-corrected chi connectivity index (χ4v) is 1.39. The van der Waals surface area contributed by atoms with Gasteiger partial charge in [0.2, 0.25) is 0 Å². The quantitative estimate of drug-likeness (QED) is 0.632. The minimum Gasteiger partial charge on any atom is -0.459 e. The molecule has 0 aliphatic heterocycles. The van der Waals surface area contributed by atoms with E-state index in [1.165, 1.54) is 6.92 Å². The first-order chi connectivity index (χ1) is 9.41. The topological polar surface area (TPSA) is 72.8 Å². The second-order valence-corrected chi connectivity index (χ2v) is 4.45. The van der Waals surface area contributed by atoms with Gasteiger partial charge in [0.1, 0.15) is 19.3 Å². The molecule has 1 atom stereocenters. The number of hydrogen-bond donors (Lipinski definition) is 1. The van der Waals surface area contributed by atoms with Crippen LogP contribution in [0, 0.1) is 6.92 Å². The van der Waals surface area contributed by atoms with Crippen LogP contribution < -0.4 is 0 Å². The number of rotatable bonds is 6. The van der Waals surface area contributed by atoms with Gasteiger partial charge in [-0.2, -0.15) is 0 Å². The molecule has 0 saturated heterocycles. The molecule has 1 aromatic rings. The Morgan fingerprint density at radius 2 is 1.85 bits per heavy atom. The minimum absolute atomic E-state index is 0.239. The Morgan fingerprint density at radius 1 is 1.25 bits per heavy atom. The third kappa shape index (κ3) is 4.85. The fourth-order valence-electron chi connectivity index (χ4n) is 1.39. The molecule has 108 valence electrons. The van der Waals surface area contributed by atoms with Crippen LogP contribution in [0.25, 0.3) is 0 Å². The number of carbonyl (C=O) groups excluding carboxylic acids is 2. The van der Waals surface area contributed by atoms with Gasteiger partial charge in [-0.05, 0) is 25.5 Å². The number of aliphatic hydroxyl groups is 1. The minimum atomic E-state index is -1.06. The van der Waals surface area contributed by atoms with E-state index < -0.39 is 18.0 Å². The van der Waals surface area contributed by atoms with Crippen LogP contribution in [0.1, 0.15) is 22.8 Å². The molecule has 0 aliphatic rings. The average molecular weight is 278 g/mol. The Labute approximate surface area is 117 Å². The summed E-state index contributed by atoms with van der Waals surface area (Å²) in [6.45, 7) is 6.23. The maximum atomic E-state index is 11.8. The van der Waals surface area contributed by atoms with Crippen molar-refractivity contribution in [2.24, 2.45) is 0 Å². The molecule has 0 radical (unpaired) electrons. The van der Waals surface area contributed by atoms with Crippen molar-refractivity contribution in [3.05, 3.63) is 47.5 Å². The van der Waals surface area contributed by atoms with Crippen LogP contribution in [-0.4, -0.2) is 36.4 Å². The lowest BCUT2D eigenvalue weighted by Gasteiger charge is -2.12. The van der Waals surface area contributed by atoms with Crippen LogP contribution in [-0.2, 0) is 14.3 Å². The van der Waals surface area contributed by atoms with Crippen LogP contribution in [0.3, 0.4) is 0 Å². The van der Waals surface area contributed by atoms with Crippen molar-refractivity contribution in [2.45, 2.75) is 20.0 Å². The number of aliphatic hydroxyl groups excluding tert-OH is 1. The summed E-state index contributed by atoms with van der Waals surface area (Å²) in [4.78, 5) is 22.9. The zero-order valence-electron chi connectivity index (χ0n) is 11.6. The summed E-state index contributed by atoms with van der Waals surface area (Å²) in [7, 11) is 0. The predicted octanol–water partition coefficient (Wildman–Crippen LogP) is 1.63. The van der Waals surface area contributed by atoms with Crippen molar-refractivity contribution in [2.75, 3.05) is 13.2 Å². The molecule has 1 N–H and O–H groups in total. The number of benzene rings is 1. The van der Waals surface area contributed by atoms with Gasteiger partial charge in [-0.25, -0.2) is 9.59 Å². The molecule has 0 amide bonds. The van der Waals surface area contributed by atoms with Crippen molar-refractivity contribution in [1.29, 1.82) is 0 Å². The van der Waals surface area contributed by atoms with Crippen molar-refractivity contribution in [1.82, 2.24) is 0 Å².